The molecule has 0 unspecified atom stereocenters. The number of carbonyl (C=O) groups is 2. The molecule has 0 saturated carbocycles. The van der Waals surface area contributed by atoms with Crippen LogP contribution in [0.25, 0.3) is 0 Å². The Morgan fingerprint density at radius 2 is 1.96 bits per heavy atom. The molecule has 2 aliphatic rings. The summed E-state index contributed by atoms with van der Waals surface area (Å²) in [7, 11) is 1.69. The monoisotopic (exact) mass is 349 g/mol. The second-order valence-electron chi connectivity index (χ2n) is 6.56. The van der Waals surface area contributed by atoms with Gasteiger partial charge in [-0.05, 0) is 17.7 Å². The van der Waals surface area contributed by atoms with Crippen LogP contribution in [0.5, 0.6) is 0 Å². The minimum absolute atomic E-state index is 0.0670. The molecular weight excluding hydrogens is 325 g/mol. The van der Waals surface area contributed by atoms with Gasteiger partial charge in [0.2, 0.25) is 11.8 Å². The molecule has 0 bridgehead atoms. The minimum Gasteiger partial charge on any atom is -0.379 e. The molecule has 1 aromatic rings. The highest BCUT2D eigenvalue weighted by Crippen LogP contribution is 2.37. The molecule has 2 atom stereocenters. The summed E-state index contributed by atoms with van der Waals surface area (Å²) in [6.07, 6.45) is 0.182. The maximum Gasteiger partial charge on any atom is 0.226 e. The quantitative estimate of drug-likeness (QED) is 0.854. The number of nitrogens with zero attached hydrogens (tertiary/aromatic N) is 2. The zero-order chi connectivity index (χ0) is 17.8. The third-order valence-electron chi connectivity index (χ3n) is 4.97. The van der Waals surface area contributed by atoms with E-state index >= 15 is 0 Å². The van der Waals surface area contributed by atoms with Crippen LogP contribution < -0.4 is 5.32 Å². The summed E-state index contributed by atoms with van der Waals surface area (Å²) < 4.78 is 18.5. The summed E-state index contributed by atoms with van der Waals surface area (Å²) in [5.74, 6) is -0.974. The fourth-order valence-corrected chi connectivity index (χ4v) is 3.51. The van der Waals surface area contributed by atoms with Gasteiger partial charge in [0.25, 0.3) is 0 Å². The van der Waals surface area contributed by atoms with Gasteiger partial charge in [-0.25, -0.2) is 4.39 Å². The predicted molar refractivity (Wildman–Crippen MR) is 90.3 cm³/mol. The molecule has 2 amide bonds. The Morgan fingerprint density at radius 1 is 1.28 bits per heavy atom. The van der Waals surface area contributed by atoms with Crippen LogP contribution in [-0.4, -0.2) is 68.1 Å². The molecule has 2 heterocycles. The Labute approximate surface area is 146 Å². The maximum absolute atomic E-state index is 13.2. The molecule has 0 radical (unpaired) electrons. The number of nitrogens with one attached hydrogen (secondary N) is 1. The van der Waals surface area contributed by atoms with Crippen molar-refractivity contribution in [3.05, 3.63) is 35.6 Å². The number of amides is 2. The Kier molecular flexibility index (Phi) is 5.65. The van der Waals surface area contributed by atoms with Gasteiger partial charge in [0.05, 0.1) is 25.2 Å². The summed E-state index contributed by atoms with van der Waals surface area (Å²) in [4.78, 5) is 28.6. The van der Waals surface area contributed by atoms with Crippen molar-refractivity contribution in [2.45, 2.75) is 12.5 Å². The van der Waals surface area contributed by atoms with Crippen LogP contribution in [-0.2, 0) is 14.3 Å². The van der Waals surface area contributed by atoms with Gasteiger partial charge in [0.1, 0.15) is 5.82 Å². The van der Waals surface area contributed by atoms with Crippen LogP contribution >= 0.6 is 0 Å². The van der Waals surface area contributed by atoms with E-state index in [1.54, 1.807) is 24.1 Å². The molecule has 136 valence electrons. The third-order valence-corrected chi connectivity index (χ3v) is 4.97. The van der Waals surface area contributed by atoms with E-state index < -0.39 is 5.92 Å². The van der Waals surface area contributed by atoms with Crippen LogP contribution in [0.4, 0.5) is 4.39 Å². The van der Waals surface area contributed by atoms with Crippen molar-refractivity contribution in [1.82, 2.24) is 15.1 Å². The number of carbonyl (C=O) groups excluding carboxylic acids is 2. The van der Waals surface area contributed by atoms with E-state index in [-0.39, 0.29) is 30.1 Å². The van der Waals surface area contributed by atoms with Crippen molar-refractivity contribution in [3.63, 3.8) is 0 Å². The summed E-state index contributed by atoms with van der Waals surface area (Å²) in [6.45, 7) is 4.51. The molecule has 3 rings (SSSR count). The maximum atomic E-state index is 13.2. The lowest BCUT2D eigenvalue weighted by Gasteiger charge is -2.27. The summed E-state index contributed by atoms with van der Waals surface area (Å²) in [5.41, 5.74) is 0.781. The van der Waals surface area contributed by atoms with Gasteiger partial charge in [-0.15, -0.1) is 0 Å². The van der Waals surface area contributed by atoms with Crippen molar-refractivity contribution in [3.8, 4) is 0 Å². The van der Waals surface area contributed by atoms with Crippen molar-refractivity contribution in [2.24, 2.45) is 5.92 Å². The second-order valence-corrected chi connectivity index (χ2v) is 6.56. The first-order chi connectivity index (χ1) is 12.1. The molecule has 2 aliphatic heterocycles. The molecule has 0 aromatic heterocycles. The number of rotatable bonds is 5. The van der Waals surface area contributed by atoms with Crippen molar-refractivity contribution in [1.29, 1.82) is 0 Å². The third kappa shape index (κ3) is 4.16. The number of ether oxygens (including phenoxy) is 1. The van der Waals surface area contributed by atoms with Gasteiger partial charge in [-0.3, -0.25) is 14.5 Å². The van der Waals surface area contributed by atoms with E-state index in [0.29, 0.717) is 6.54 Å². The first-order valence-corrected chi connectivity index (χ1v) is 8.65. The number of morpholine rings is 1. The van der Waals surface area contributed by atoms with Crippen molar-refractivity contribution in [2.75, 3.05) is 46.4 Å². The van der Waals surface area contributed by atoms with Gasteiger partial charge in [-0.1, -0.05) is 12.1 Å². The van der Waals surface area contributed by atoms with Crippen LogP contribution in [0.1, 0.15) is 18.0 Å². The van der Waals surface area contributed by atoms with Gasteiger partial charge < -0.3 is 15.0 Å². The van der Waals surface area contributed by atoms with Crippen molar-refractivity contribution < 1.29 is 18.7 Å². The Balaban J connectivity index is 1.61. The van der Waals surface area contributed by atoms with E-state index in [9.17, 15) is 14.0 Å². The fraction of sp³-hybridized carbons (Fsp3) is 0.556. The highest BCUT2D eigenvalue weighted by molar-refractivity contribution is 5.90. The zero-order valence-corrected chi connectivity index (χ0v) is 14.4. The molecule has 25 heavy (non-hydrogen) atoms. The summed E-state index contributed by atoms with van der Waals surface area (Å²) in [5, 5.41) is 2.95. The van der Waals surface area contributed by atoms with E-state index in [4.69, 9.17) is 4.74 Å². The molecule has 7 heteroatoms. The van der Waals surface area contributed by atoms with Gasteiger partial charge >= 0.3 is 0 Å². The molecule has 0 spiro atoms. The standard InChI is InChI=1S/C18H24FN3O3/c1-21-16(23)12-15(17(21)13-2-4-14(19)5-3-13)18(24)20-6-7-22-8-10-25-11-9-22/h2-5,15,17H,6-12H2,1H3,(H,20,24)/t15-,17-/m0/s1. The number of likely N-dealkylation sites (tertiary alicyclic amines) is 1. The molecule has 6 nitrogen and oxygen atoms in total. The average molecular weight is 349 g/mol. The highest BCUT2D eigenvalue weighted by atomic mass is 19.1. The van der Waals surface area contributed by atoms with Crippen LogP contribution in [0.3, 0.4) is 0 Å². The molecule has 1 N–H and O–H groups in total. The number of hydrogen-bond donors (Lipinski definition) is 1. The van der Waals surface area contributed by atoms with Gasteiger partial charge in [-0.2, -0.15) is 0 Å². The SMILES string of the molecule is CN1C(=O)C[C@H](C(=O)NCCN2CCOCC2)[C@@H]1c1ccc(F)cc1. The first kappa shape index (κ1) is 17.8. The average Bonchev–Trinajstić information content (AvgIpc) is 2.92. The summed E-state index contributed by atoms with van der Waals surface area (Å²) >= 11 is 0. The zero-order valence-electron chi connectivity index (χ0n) is 14.4. The molecular formula is C18H24FN3O3. The lowest BCUT2D eigenvalue weighted by molar-refractivity contribution is -0.128. The Morgan fingerprint density at radius 3 is 2.64 bits per heavy atom. The predicted octanol–water partition coefficient (Wildman–Crippen LogP) is 0.794. The normalized spacial score (nSPS) is 24.6. The van der Waals surface area contributed by atoms with Crippen LogP contribution in [0.2, 0.25) is 0 Å². The largest absolute Gasteiger partial charge is 0.379 e. The van der Waals surface area contributed by atoms with E-state index in [1.165, 1.54) is 12.1 Å². The summed E-state index contributed by atoms with van der Waals surface area (Å²) in [6, 6.07) is 5.65. The van der Waals surface area contributed by atoms with Crippen LogP contribution in [0.15, 0.2) is 24.3 Å². The van der Waals surface area contributed by atoms with Crippen LogP contribution in [0, 0.1) is 11.7 Å². The number of benzene rings is 1. The number of hydrogen-bond acceptors (Lipinski definition) is 4. The lowest BCUT2D eigenvalue weighted by Crippen LogP contribution is -2.43. The Hall–Kier alpha value is -1.99. The molecule has 0 aliphatic carbocycles. The lowest BCUT2D eigenvalue weighted by atomic mass is 9.93. The minimum atomic E-state index is -0.451. The first-order valence-electron chi connectivity index (χ1n) is 8.65. The molecule has 2 saturated heterocycles. The van der Waals surface area contributed by atoms with E-state index in [0.717, 1.165) is 38.4 Å². The second kappa shape index (κ2) is 7.93. The van der Waals surface area contributed by atoms with Gasteiger partial charge in [0.15, 0.2) is 0 Å². The Bertz CT molecular complexity index is 616. The van der Waals surface area contributed by atoms with Gasteiger partial charge in [0, 0.05) is 39.6 Å². The van der Waals surface area contributed by atoms with E-state index in [1.807, 2.05) is 0 Å². The smallest absolute Gasteiger partial charge is 0.226 e. The molecule has 1 aromatic carbocycles. The van der Waals surface area contributed by atoms with E-state index in [2.05, 4.69) is 10.2 Å². The topological polar surface area (TPSA) is 61.9 Å². The molecule has 2 fully saturated rings. The number of halogens is 1. The fourth-order valence-electron chi connectivity index (χ4n) is 3.51. The van der Waals surface area contributed by atoms with Crippen molar-refractivity contribution >= 4 is 11.8 Å². The highest BCUT2D eigenvalue weighted by Gasteiger charge is 2.42.